The molecule has 0 aliphatic heterocycles. The van der Waals surface area contributed by atoms with Gasteiger partial charge in [-0.25, -0.2) is 18.2 Å². The van der Waals surface area contributed by atoms with E-state index in [9.17, 15) is 13.2 Å². The molecule has 1 aromatic heterocycles. The molecule has 0 aliphatic carbocycles. The normalized spacial score (nSPS) is 11.2. The lowest BCUT2D eigenvalue weighted by Crippen LogP contribution is -2.05. The average molecular weight is 311 g/mol. The minimum atomic E-state index is -0.761. The molecule has 6 heteroatoms. The monoisotopic (exact) mass is 310 g/mol. The van der Waals surface area contributed by atoms with Crippen LogP contribution in [0, 0.1) is 17.5 Å². The molecule has 0 amide bonds. The Bertz CT molecular complexity index is 814. The quantitative estimate of drug-likeness (QED) is 0.662. The highest BCUT2D eigenvalue weighted by Gasteiger charge is 2.16. The third-order valence-corrected chi connectivity index (χ3v) is 3.50. The molecule has 2 nitrogen and oxygen atoms in total. The zero-order valence-corrected chi connectivity index (χ0v) is 11.5. The van der Waals surface area contributed by atoms with Crippen molar-refractivity contribution in [3.8, 4) is 0 Å². The summed E-state index contributed by atoms with van der Waals surface area (Å²) < 4.78 is 42.5. The maximum atomic E-state index is 13.8. The van der Waals surface area contributed by atoms with Crippen LogP contribution in [0.3, 0.4) is 0 Å². The number of benzene rings is 2. The Kier molecular flexibility index (Phi) is 3.59. The number of imidazole rings is 1. The summed E-state index contributed by atoms with van der Waals surface area (Å²) in [4.78, 5) is 4.06. The predicted octanol–water partition coefficient (Wildman–Crippen LogP) is 4.24. The largest absolute Gasteiger partial charge is 0.322 e. The van der Waals surface area contributed by atoms with E-state index >= 15 is 0 Å². The van der Waals surface area contributed by atoms with Gasteiger partial charge in [0.2, 0.25) is 0 Å². The number of nitrogens with zero attached hydrogens (tertiary/aromatic N) is 2. The van der Waals surface area contributed by atoms with E-state index in [1.54, 1.807) is 18.2 Å². The molecule has 2 aromatic carbocycles. The minimum absolute atomic E-state index is 0.0180. The number of rotatable bonds is 3. The number of fused-ring (bicyclic) bond motifs is 1. The van der Waals surface area contributed by atoms with E-state index in [0.717, 1.165) is 6.07 Å². The second kappa shape index (κ2) is 5.41. The molecular formula is C15H10ClF3N2. The van der Waals surface area contributed by atoms with Gasteiger partial charge in [-0.1, -0.05) is 18.2 Å². The topological polar surface area (TPSA) is 17.8 Å². The van der Waals surface area contributed by atoms with Gasteiger partial charge in [-0.05, 0) is 12.1 Å². The Hall–Kier alpha value is -2.01. The van der Waals surface area contributed by atoms with E-state index in [1.165, 1.54) is 16.7 Å². The van der Waals surface area contributed by atoms with Crippen molar-refractivity contribution < 1.29 is 13.2 Å². The predicted molar refractivity (Wildman–Crippen MR) is 74.7 cm³/mol. The molecule has 0 saturated carbocycles. The van der Waals surface area contributed by atoms with Crippen LogP contribution in [-0.2, 0) is 12.4 Å². The van der Waals surface area contributed by atoms with Gasteiger partial charge in [0.05, 0.1) is 17.9 Å². The number of halogens is 4. The summed E-state index contributed by atoms with van der Waals surface area (Å²) in [5.74, 6) is -1.49. The summed E-state index contributed by atoms with van der Waals surface area (Å²) >= 11 is 5.81. The van der Waals surface area contributed by atoms with Crippen molar-refractivity contribution in [3.63, 3.8) is 0 Å². The molecule has 0 unspecified atom stereocenters. The first-order valence-electron chi connectivity index (χ1n) is 6.23. The van der Waals surface area contributed by atoms with Gasteiger partial charge in [0.25, 0.3) is 0 Å². The standard InChI is InChI=1S/C15H10ClF3N2/c16-7-14-20-15-12(19)5-10(17)6-13(15)21(14)8-9-3-1-2-4-11(9)18/h1-6H,7-8H2. The van der Waals surface area contributed by atoms with Gasteiger partial charge in [0, 0.05) is 11.6 Å². The summed E-state index contributed by atoms with van der Waals surface area (Å²) in [5.41, 5.74) is 0.683. The molecular weight excluding hydrogens is 301 g/mol. The lowest BCUT2D eigenvalue weighted by atomic mass is 10.2. The van der Waals surface area contributed by atoms with Crippen molar-refractivity contribution >= 4 is 22.6 Å². The molecule has 3 aromatic rings. The highest BCUT2D eigenvalue weighted by molar-refractivity contribution is 6.16. The van der Waals surface area contributed by atoms with Crippen LogP contribution >= 0.6 is 11.6 Å². The molecule has 21 heavy (non-hydrogen) atoms. The van der Waals surface area contributed by atoms with Gasteiger partial charge in [0.15, 0.2) is 5.82 Å². The van der Waals surface area contributed by atoms with E-state index in [1.807, 2.05) is 0 Å². The fourth-order valence-electron chi connectivity index (χ4n) is 2.27. The van der Waals surface area contributed by atoms with Crippen LogP contribution in [0.5, 0.6) is 0 Å². The summed E-state index contributed by atoms with van der Waals surface area (Å²) in [5, 5.41) is 0. The molecule has 0 radical (unpaired) electrons. The first-order chi connectivity index (χ1) is 10.1. The lowest BCUT2D eigenvalue weighted by molar-refractivity contribution is 0.589. The molecule has 3 rings (SSSR count). The summed E-state index contributed by atoms with van der Waals surface area (Å²) in [7, 11) is 0. The average Bonchev–Trinajstić information content (AvgIpc) is 2.80. The van der Waals surface area contributed by atoms with Crippen LogP contribution in [0.1, 0.15) is 11.4 Å². The van der Waals surface area contributed by atoms with Crippen molar-refractivity contribution in [1.29, 1.82) is 0 Å². The van der Waals surface area contributed by atoms with Crippen LogP contribution < -0.4 is 0 Å². The molecule has 0 N–H and O–H groups in total. The molecule has 0 saturated heterocycles. The third kappa shape index (κ3) is 2.49. The van der Waals surface area contributed by atoms with Gasteiger partial charge in [0.1, 0.15) is 23.0 Å². The molecule has 108 valence electrons. The van der Waals surface area contributed by atoms with E-state index in [2.05, 4.69) is 4.98 Å². The fraction of sp³-hybridized carbons (Fsp3) is 0.133. The maximum absolute atomic E-state index is 13.8. The Morgan fingerprint density at radius 3 is 2.52 bits per heavy atom. The number of hydrogen-bond acceptors (Lipinski definition) is 1. The zero-order chi connectivity index (χ0) is 15.0. The third-order valence-electron chi connectivity index (χ3n) is 3.26. The first-order valence-corrected chi connectivity index (χ1v) is 6.77. The van der Waals surface area contributed by atoms with Crippen molar-refractivity contribution in [2.75, 3.05) is 0 Å². The SMILES string of the molecule is Fc1cc(F)c2nc(CCl)n(Cc3ccccc3F)c2c1. The number of hydrogen-bond donors (Lipinski definition) is 0. The second-order valence-electron chi connectivity index (χ2n) is 4.59. The van der Waals surface area contributed by atoms with Crippen LogP contribution in [0.2, 0.25) is 0 Å². The van der Waals surface area contributed by atoms with Crippen molar-refractivity contribution in [3.05, 3.63) is 65.2 Å². The molecule has 0 aliphatic rings. The smallest absolute Gasteiger partial charge is 0.153 e. The van der Waals surface area contributed by atoms with E-state index in [4.69, 9.17) is 11.6 Å². The molecule has 0 bridgehead atoms. The Balaban J connectivity index is 2.19. The Morgan fingerprint density at radius 1 is 1.05 bits per heavy atom. The summed E-state index contributed by atoms with van der Waals surface area (Å²) in [6.45, 7) is 0.105. The van der Waals surface area contributed by atoms with E-state index in [-0.39, 0.29) is 23.5 Å². The van der Waals surface area contributed by atoms with Crippen LogP contribution in [0.4, 0.5) is 13.2 Å². The fourth-order valence-corrected chi connectivity index (χ4v) is 2.48. The first kappa shape index (κ1) is 13.9. The van der Waals surface area contributed by atoms with Crippen molar-refractivity contribution in [1.82, 2.24) is 9.55 Å². The second-order valence-corrected chi connectivity index (χ2v) is 4.86. The Morgan fingerprint density at radius 2 is 1.81 bits per heavy atom. The summed E-state index contributed by atoms with van der Waals surface area (Å²) in [6, 6.07) is 8.14. The van der Waals surface area contributed by atoms with E-state index in [0.29, 0.717) is 11.4 Å². The van der Waals surface area contributed by atoms with Crippen molar-refractivity contribution in [2.24, 2.45) is 0 Å². The minimum Gasteiger partial charge on any atom is -0.322 e. The molecule has 1 heterocycles. The number of alkyl halides is 1. The van der Waals surface area contributed by atoms with Gasteiger partial charge in [-0.2, -0.15) is 0 Å². The Labute approximate surface area is 123 Å². The van der Waals surface area contributed by atoms with Gasteiger partial charge in [-0.3, -0.25) is 0 Å². The summed E-state index contributed by atoms with van der Waals surface area (Å²) in [6.07, 6.45) is 0. The van der Waals surface area contributed by atoms with Crippen LogP contribution in [0.25, 0.3) is 11.0 Å². The van der Waals surface area contributed by atoms with Crippen LogP contribution in [-0.4, -0.2) is 9.55 Å². The molecule has 0 fully saturated rings. The maximum Gasteiger partial charge on any atom is 0.153 e. The van der Waals surface area contributed by atoms with Gasteiger partial charge in [-0.15, -0.1) is 11.6 Å². The van der Waals surface area contributed by atoms with E-state index < -0.39 is 17.5 Å². The zero-order valence-electron chi connectivity index (χ0n) is 10.8. The lowest BCUT2D eigenvalue weighted by Gasteiger charge is -2.09. The van der Waals surface area contributed by atoms with Crippen molar-refractivity contribution in [2.45, 2.75) is 12.4 Å². The van der Waals surface area contributed by atoms with Gasteiger partial charge < -0.3 is 4.57 Å². The van der Waals surface area contributed by atoms with Gasteiger partial charge >= 0.3 is 0 Å². The molecule has 0 spiro atoms. The number of aromatic nitrogens is 2. The highest BCUT2D eigenvalue weighted by Crippen LogP contribution is 2.23. The molecule has 0 atom stereocenters. The highest BCUT2D eigenvalue weighted by atomic mass is 35.5. The van der Waals surface area contributed by atoms with Crippen LogP contribution in [0.15, 0.2) is 36.4 Å².